The molecule has 5 nitrogen and oxygen atoms in total. The number of hydrogen-bond donors (Lipinski definition) is 1. The van der Waals surface area contributed by atoms with Crippen LogP contribution in [0.1, 0.15) is 26.2 Å². The van der Waals surface area contributed by atoms with Gasteiger partial charge in [0.15, 0.2) is 10.6 Å². The normalized spacial score (nSPS) is 10.8. The lowest BCUT2D eigenvalue weighted by Gasteiger charge is -2.07. The van der Waals surface area contributed by atoms with Crippen molar-refractivity contribution in [2.24, 2.45) is 7.05 Å². The first kappa shape index (κ1) is 13.7. The van der Waals surface area contributed by atoms with E-state index in [2.05, 4.69) is 17.1 Å². The van der Waals surface area contributed by atoms with Crippen molar-refractivity contribution < 1.29 is 0 Å². The summed E-state index contributed by atoms with van der Waals surface area (Å²) < 4.78 is 3.96. The van der Waals surface area contributed by atoms with Crippen LogP contribution in [0.3, 0.4) is 0 Å². The molecule has 0 aliphatic carbocycles. The van der Waals surface area contributed by atoms with Crippen molar-refractivity contribution in [3.8, 4) is 11.4 Å². The van der Waals surface area contributed by atoms with E-state index in [1.165, 1.54) is 0 Å². The highest BCUT2D eigenvalue weighted by Gasteiger charge is 2.11. The van der Waals surface area contributed by atoms with E-state index in [1.807, 2.05) is 12.3 Å². The second-order valence-corrected chi connectivity index (χ2v) is 4.93. The molecule has 2 aromatic heterocycles. The molecule has 1 N–H and O–H groups in total. The monoisotopic (exact) mass is 278 g/mol. The van der Waals surface area contributed by atoms with Crippen LogP contribution in [0.4, 0.5) is 0 Å². The molecule has 0 bridgehead atoms. The summed E-state index contributed by atoms with van der Waals surface area (Å²) in [5.74, 6) is 0.583. The van der Waals surface area contributed by atoms with Gasteiger partial charge in [-0.2, -0.15) is 5.10 Å². The molecule has 0 fully saturated rings. The summed E-state index contributed by atoms with van der Waals surface area (Å²) in [6.45, 7) is 2.89. The molecule has 0 saturated heterocycles. The second kappa shape index (κ2) is 5.97. The van der Waals surface area contributed by atoms with E-state index >= 15 is 0 Å². The van der Waals surface area contributed by atoms with Crippen LogP contribution in [0.25, 0.3) is 11.4 Å². The van der Waals surface area contributed by atoms with Crippen LogP contribution < -0.4 is 5.56 Å². The number of aromatic amines is 1. The quantitative estimate of drug-likeness (QED) is 0.675. The Labute approximate surface area is 116 Å². The maximum atomic E-state index is 12.4. The predicted octanol–water partition coefficient (Wildman–Crippen LogP) is 2.50. The largest absolute Gasteiger partial charge is 0.315 e. The first-order valence-electron chi connectivity index (χ1n) is 6.46. The van der Waals surface area contributed by atoms with Crippen LogP contribution in [0.5, 0.6) is 0 Å². The molecule has 2 heterocycles. The molecule has 0 amide bonds. The second-order valence-electron chi connectivity index (χ2n) is 4.54. The Bertz CT molecular complexity index is 668. The summed E-state index contributed by atoms with van der Waals surface area (Å²) >= 11 is 5.07. The van der Waals surface area contributed by atoms with E-state index < -0.39 is 0 Å². The molecular formula is C13H18N4OS. The fourth-order valence-electron chi connectivity index (χ4n) is 2.00. The van der Waals surface area contributed by atoms with Gasteiger partial charge in [-0.1, -0.05) is 19.8 Å². The molecular weight excluding hydrogens is 260 g/mol. The standard InChI is InChI=1S/C13H18N4OS/c1-3-4-5-8-17-9-6-7-10(12(17)18)11-14-15-13(19)16(11)2/h6-7,9H,3-5,8H2,1-2H3,(H,15,19). The number of aryl methyl sites for hydroxylation is 1. The average Bonchev–Trinajstić information content (AvgIpc) is 2.73. The van der Waals surface area contributed by atoms with E-state index in [9.17, 15) is 4.79 Å². The highest BCUT2D eigenvalue weighted by molar-refractivity contribution is 7.71. The van der Waals surface area contributed by atoms with Crippen LogP contribution in [-0.4, -0.2) is 19.3 Å². The van der Waals surface area contributed by atoms with E-state index in [4.69, 9.17) is 12.2 Å². The number of nitrogens with one attached hydrogen (secondary N) is 1. The lowest BCUT2D eigenvalue weighted by Crippen LogP contribution is -2.21. The van der Waals surface area contributed by atoms with Crippen molar-refractivity contribution in [1.29, 1.82) is 0 Å². The lowest BCUT2D eigenvalue weighted by atomic mass is 10.2. The first-order chi connectivity index (χ1) is 9.15. The Morgan fingerprint density at radius 2 is 2.21 bits per heavy atom. The van der Waals surface area contributed by atoms with Gasteiger partial charge < -0.3 is 9.13 Å². The lowest BCUT2D eigenvalue weighted by molar-refractivity contribution is 0.588. The SMILES string of the molecule is CCCCCn1cccc(-c2n[nH]c(=S)n2C)c1=O. The van der Waals surface area contributed by atoms with Crippen LogP contribution >= 0.6 is 12.2 Å². The summed E-state index contributed by atoms with van der Waals surface area (Å²) in [5, 5.41) is 6.82. The van der Waals surface area contributed by atoms with Crippen molar-refractivity contribution in [3.05, 3.63) is 33.5 Å². The van der Waals surface area contributed by atoms with Crippen LogP contribution in [0.2, 0.25) is 0 Å². The van der Waals surface area contributed by atoms with Gasteiger partial charge in [-0.3, -0.25) is 9.89 Å². The maximum absolute atomic E-state index is 12.4. The van der Waals surface area contributed by atoms with Crippen LogP contribution in [0.15, 0.2) is 23.1 Å². The Morgan fingerprint density at radius 1 is 1.42 bits per heavy atom. The third-order valence-electron chi connectivity index (χ3n) is 3.14. The Balaban J connectivity index is 2.37. The third-order valence-corrected chi connectivity index (χ3v) is 3.51. The average molecular weight is 278 g/mol. The minimum absolute atomic E-state index is 0.0179. The number of H-pyrrole nitrogens is 1. The van der Waals surface area contributed by atoms with E-state index in [0.29, 0.717) is 16.2 Å². The Kier molecular flexibility index (Phi) is 4.31. The summed E-state index contributed by atoms with van der Waals surface area (Å²) in [6, 6.07) is 3.66. The fraction of sp³-hybridized carbons (Fsp3) is 0.462. The third kappa shape index (κ3) is 2.84. The maximum Gasteiger partial charge on any atom is 0.261 e. The first-order valence-corrected chi connectivity index (χ1v) is 6.87. The van der Waals surface area contributed by atoms with Crippen molar-refractivity contribution in [3.63, 3.8) is 0 Å². The van der Waals surface area contributed by atoms with Gasteiger partial charge >= 0.3 is 0 Å². The molecule has 2 rings (SSSR count). The number of unbranched alkanes of at least 4 members (excludes halogenated alkanes) is 2. The summed E-state index contributed by atoms with van der Waals surface area (Å²) in [4.78, 5) is 12.4. The molecule has 0 aliphatic rings. The zero-order valence-electron chi connectivity index (χ0n) is 11.2. The predicted molar refractivity (Wildman–Crippen MR) is 77.6 cm³/mol. The highest BCUT2D eigenvalue weighted by atomic mass is 32.1. The minimum Gasteiger partial charge on any atom is -0.315 e. The van der Waals surface area contributed by atoms with Gasteiger partial charge in [0.1, 0.15) is 0 Å². The molecule has 19 heavy (non-hydrogen) atoms. The number of pyridine rings is 1. The minimum atomic E-state index is -0.0179. The van der Waals surface area contributed by atoms with Gasteiger partial charge in [0.2, 0.25) is 0 Å². The topological polar surface area (TPSA) is 55.6 Å². The Hall–Kier alpha value is -1.69. The van der Waals surface area contributed by atoms with Crippen molar-refractivity contribution >= 4 is 12.2 Å². The number of aromatic nitrogens is 4. The Morgan fingerprint density at radius 3 is 2.84 bits per heavy atom. The zero-order valence-corrected chi connectivity index (χ0v) is 12.0. The van der Waals surface area contributed by atoms with Gasteiger partial charge in [-0.25, -0.2) is 0 Å². The molecule has 102 valence electrons. The summed E-state index contributed by atoms with van der Waals surface area (Å²) in [6.07, 6.45) is 5.10. The van der Waals surface area contributed by atoms with Crippen molar-refractivity contribution in [2.45, 2.75) is 32.7 Å². The fourth-order valence-corrected chi connectivity index (χ4v) is 2.14. The summed E-state index contributed by atoms with van der Waals surface area (Å²) in [5.41, 5.74) is 0.560. The van der Waals surface area contributed by atoms with E-state index in [0.717, 1.165) is 25.8 Å². The molecule has 0 radical (unpaired) electrons. The molecule has 0 aromatic carbocycles. The van der Waals surface area contributed by atoms with Gasteiger partial charge in [0.25, 0.3) is 5.56 Å². The van der Waals surface area contributed by atoms with E-state index in [1.54, 1.807) is 22.2 Å². The smallest absolute Gasteiger partial charge is 0.261 e. The van der Waals surface area contributed by atoms with Crippen molar-refractivity contribution in [1.82, 2.24) is 19.3 Å². The molecule has 2 aromatic rings. The zero-order chi connectivity index (χ0) is 13.8. The molecule has 0 spiro atoms. The van der Waals surface area contributed by atoms with Crippen LogP contribution in [-0.2, 0) is 13.6 Å². The number of hydrogen-bond acceptors (Lipinski definition) is 3. The number of nitrogens with zero attached hydrogens (tertiary/aromatic N) is 3. The molecule has 0 saturated carbocycles. The van der Waals surface area contributed by atoms with Crippen LogP contribution in [0, 0.1) is 4.77 Å². The van der Waals surface area contributed by atoms with Crippen molar-refractivity contribution in [2.75, 3.05) is 0 Å². The highest BCUT2D eigenvalue weighted by Crippen LogP contribution is 2.11. The van der Waals surface area contributed by atoms with Gasteiger partial charge in [0, 0.05) is 19.8 Å². The summed E-state index contributed by atoms with van der Waals surface area (Å²) in [7, 11) is 1.80. The molecule has 6 heteroatoms. The number of rotatable bonds is 5. The van der Waals surface area contributed by atoms with Gasteiger partial charge in [0.05, 0.1) is 5.56 Å². The van der Waals surface area contributed by atoms with E-state index in [-0.39, 0.29) is 5.56 Å². The molecule has 0 aliphatic heterocycles. The molecule has 0 atom stereocenters. The molecule has 0 unspecified atom stereocenters. The van der Waals surface area contributed by atoms with Gasteiger partial charge in [-0.15, -0.1) is 0 Å². The van der Waals surface area contributed by atoms with Gasteiger partial charge in [-0.05, 0) is 30.8 Å².